The molecule has 222 valence electrons. The molecule has 21 heteroatoms. The van der Waals surface area contributed by atoms with Crippen LogP contribution in [0.3, 0.4) is 0 Å². The lowest BCUT2D eigenvalue weighted by Crippen LogP contribution is -2.35. The van der Waals surface area contributed by atoms with E-state index in [2.05, 4.69) is 30.2 Å². The van der Waals surface area contributed by atoms with Crippen LogP contribution in [0.5, 0.6) is 0 Å². The molecule has 2 unspecified atom stereocenters. The van der Waals surface area contributed by atoms with Crippen LogP contribution < -0.4 is 16.6 Å². The second kappa shape index (κ2) is 10.8. The number of nitrogens with zero attached hydrogens (tertiary/aromatic N) is 5. The first-order valence-corrected chi connectivity index (χ1v) is 15.4. The van der Waals surface area contributed by atoms with Crippen molar-refractivity contribution >= 4 is 38.6 Å². The second-order valence-electron chi connectivity index (χ2n) is 9.74. The van der Waals surface area contributed by atoms with Crippen LogP contribution in [0.1, 0.15) is 19.1 Å². The van der Waals surface area contributed by atoms with Crippen molar-refractivity contribution in [2.45, 2.75) is 49.5 Å². The highest BCUT2D eigenvalue weighted by atomic mass is 31.2. The first-order chi connectivity index (χ1) is 19.5. The molecule has 7 N–H and O–H groups in total. The van der Waals surface area contributed by atoms with Crippen LogP contribution in [-0.2, 0) is 32.0 Å². The molecule has 3 aromatic heterocycles. The van der Waals surface area contributed by atoms with Crippen LogP contribution in [0.4, 0.5) is 11.8 Å². The number of aromatic amines is 1. The van der Waals surface area contributed by atoms with Gasteiger partial charge in [0.15, 0.2) is 17.4 Å². The van der Waals surface area contributed by atoms with E-state index in [1.165, 1.54) is 10.9 Å². The quantitative estimate of drug-likeness (QED) is 0.205. The fraction of sp³-hybridized carbons (Fsp3) is 0.550. The Bertz CT molecular complexity index is 1570. The minimum Gasteiger partial charge on any atom is -0.387 e. The molecule has 5 heterocycles. The van der Waals surface area contributed by atoms with Gasteiger partial charge < -0.3 is 30.7 Å². The first-order valence-electron chi connectivity index (χ1n) is 12.4. The number of anilines is 2. The van der Waals surface area contributed by atoms with Gasteiger partial charge in [-0.3, -0.25) is 32.4 Å². The number of aliphatic hydroxyl groups excluding tert-OH is 1. The third-order valence-electron chi connectivity index (χ3n) is 6.98. The summed E-state index contributed by atoms with van der Waals surface area (Å²) in [6, 6.07) is 1.35. The van der Waals surface area contributed by atoms with E-state index in [0.29, 0.717) is 12.2 Å². The van der Waals surface area contributed by atoms with Crippen molar-refractivity contribution in [1.29, 1.82) is 0 Å². The van der Waals surface area contributed by atoms with Crippen molar-refractivity contribution in [2.75, 3.05) is 24.3 Å². The zero-order valence-corrected chi connectivity index (χ0v) is 22.8. The van der Waals surface area contributed by atoms with Crippen molar-refractivity contribution in [1.82, 2.24) is 29.5 Å². The number of imidazole rings is 1. The maximum Gasteiger partial charge on any atom is 0.472 e. The van der Waals surface area contributed by atoms with Crippen LogP contribution in [0.15, 0.2) is 29.7 Å². The van der Waals surface area contributed by atoms with E-state index in [9.17, 15) is 28.8 Å². The Morgan fingerprint density at radius 1 is 1.10 bits per heavy atom. The highest BCUT2D eigenvalue weighted by Gasteiger charge is 2.51. The van der Waals surface area contributed by atoms with Crippen molar-refractivity contribution in [2.24, 2.45) is 5.92 Å². The average Bonchev–Trinajstić information content (AvgIpc) is 3.57. The Morgan fingerprint density at radius 3 is 2.66 bits per heavy atom. The Balaban J connectivity index is 1.28. The van der Waals surface area contributed by atoms with E-state index < -0.39 is 71.0 Å². The number of fused-ring (bicyclic) bond motifs is 4. The Kier molecular flexibility index (Phi) is 7.44. The van der Waals surface area contributed by atoms with E-state index in [0.717, 1.165) is 6.33 Å². The summed E-state index contributed by atoms with van der Waals surface area (Å²) in [5.74, 6) is -0.359. The van der Waals surface area contributed by atoms with E-state index in [4.69, 9.17) is 28.6 Å². The van der Waals surface area contributed by atoms with Gasteiger partial charge in [-0.25, -0.2) is 24.1 Å². The first kappa shape index (κ1) is 28.3. The Labute approximate surface area is 230 Å². The molecule has 0 amide bonds. The molecule has 3 fully saturated rings. The van der Waals surface area contributed by atoms with Crippen molar-refractivity contribution < 1.29 is 46.9 Å². The zero-order chi connectivity index (χ0) is 28.9. The number of nitrogens with two attached hydrogens (primary N) is 1. The van der Waals surface area contributed by atoms with Crippen LogP contribution >= 0.6 is 15.6 Å². The molecule has 2 aliphatic heterocycles. The van der Waals surface area contributed by atoms with E-state index in [1.807, 2.05) is 0 Å². The third kappa shape index (κ3) is 5.91. The summed E-state index contributed by atoms with van der Waals surface area (Å²) in [6.07, 6.45) is -2.34. The summed E-state index contributed by atoms with van der Waals surface area (Å²) in [7, 11) is -9.60. The van der Waals surface area contributed by atoms with Crippen LogP contribution in [0.25, 0.3) is 11.2 Å². The number of phosphoric acid groups is 2. The van der Waals surface area contributed by atoms with E-state index in [-0.39, 0.29) is 29.6 Å². The monoisotopic (exact) mass is 616 g/mol. The number of ether oxygens (including phenoxy) is 1. The lowest BCUT2D eigenvalue weighted by atomic mass is 10.1. The van der Waals surface area contributed by atoms with Crippen molar-refractivity contribution in [3.05, 3.63) is 35.3 Å². The number of hydrogen-bond donors (Lipinski definition) is 6. The minimum absolute atomic E-state index is 0.0689. The smallest absolute Gasteiger partial charge is 0.387 e. The summed E-state index contributed by atoms with van der Waals surface area (Å²) < 4.78 is 54.2. The molecule has 6 rings (SSSR count). The van der Waals surface area contributed by atoms with Gasteiger partial charge in [0, 0.05) is 18.2 Å². The predicted molar refractivity (Wildman–Crippen MR) is 136 cm³/mol. The maximum absolute atomic E-state index is 13.1. The lowest BCUT2D eigenvalue weighted by Gasteiger charge is -2.25. The molecule has 0 radical (unpaired) electrons. The number of nitrogen functional groups attached to an aromatic ring is 1. The summed E-state index contributed by atoms with van der Waals surface area (Å²) in [5, 5.41) is 14.1. The minimum atomic E-state index is -4.88. The van der Waals surface area contributed by atoms with Crippen LogP contribution in [0.2, 0.25) is 0 Å². The molecular formula is C20H26N8O11P2. The van der Waals surface area contributed by atoms with Crippen LogP contribution in [-0.4, -0.2) is 88.1 Å². The molecule has 1 saturated carbocycles. The van der Waals surface area contributed by atoms with Gasteiger partial charge in [0.25, 0.3) is 5.56 Å². The predicted octanol–water partition coefficient (Wildman–Crippen LogP) is -0.341. The van der Waals surface area contributed by atoms with Crippen molar-refractivity contribution in [3.8, 4) is 0 Å². The number of aliphatic hydroxyl groups is 1. The van der Waals surface area contributed by atoms with E-state index in [1.54, 1.807) is 12.3 Å². The molecule has 19 nitrogen and oxygen atoms in total. The largest absolute Gasteiger partial charge is 0.472 e. The van der Waals surface area contributed by atoms with Gasteiger partial charge in [-0.1, -0.05) is 0 Å². The molecular weight excluding hydrogens is 590 g/mol. The number of phosphoric ester groups is 2. The third-order valence-corrected chi connectivity index (χ3v) is 8.98. The van der Waals surface area contributed by atoms with Gasteiger partial charge in [-0.05, 0) is 18.9 Å². The molecule has 1 aliphatic carbocycles. The Morgan fingerprint density at radius 2 is 1.88 bits per heavy atom. The second-order valence-corrected chi connectivity index (χ2v) is 12.6. The van der Waals surface area contributed by atoms with Gasteiger partial charge in [-0.15, -0.1) is 0 Å². The normalized spacial score (nSPS) is 38.1. The van der Waals surface area contributed by atoms with E-state index >= 15 is 0 Å². The average molecular weight is 616 g/mol. The number of aromatic nitrogens is 6. The highest BCUT2D eigenvalue weighted by Crippen LogP contribution is 2.54. The fourth-order valence-electron chi connectivity index (χ4n) is 5.16. The SMILES string of the molecule is Nc1nc2c(ncn2[C@@H]2O[C@@H]3COP(=O)(O)O[C@H]4C[C@H](Nc5ccncn5)C[C@@H]4COP(=O)(O)O[C@@H]2[C@@H]3O)c(=O)[nH]1. The summed E-state index contributed by atoms with van der Waals surface area (Å²) in [5.41, 5.74) is 4.81. The molecule has 0 aromatic carbocycles. The molecule has 0 spiro atoms. The van der Waals surface area contributed by atoms with Gasteiger partial charge in [0.05, 0.1) is 25.6 Å². The van der Waals surface area contributed by atoms with Gasteiger partial charge in [0.2, 0.25) is 5.95 Å². The van der Waals surface area contributed by atoms with Crippen molar-refractivity contribution in [3.63, 3.8) is 0 Å². The zero-order valence-electron chi connectivity index (χ0n) is 21.0. The number of nitrogens with one attached hydrogen (secondary N) is 2. The Hall–Kier alpha value is -2.83. The van der Waals surface area contributed by atoms with Gasteiger partial charge in [0.1, 0.15) is 30.5 Å². The van der Waals surface area contributed by atoms with Gasteiger partial charge in [-0.2, -0.15) is 4.98 Å². The molecule has 2 bridgehead atoms. The molecule has 3 aliphatic rings. The molecule has 3 aromatic rings. The highest BCUT2D eigenvalue weighted by molar-refractivity contribution is 7.47. The molecule has 9 atom stereocenters. The number of H-pyrrole nitrogens is 1. The van der Waals surface area contributed by atoms with Crippen LogP contribution in [0, 0.1) is 5.92 Å². The lowest BCUT2D eigenvalue weighted by molar-refractivity contribution is -0.0561. The molecule has 2 saturated heterocycles. The van der Waals surface area contributed by atoms with Gasteiger partial charge >= 0.3 is 15.6 Å². The number of rotatable bonds is 3. The number of hydrogen-bond acceptors (Lipinski definition) is 15. The summed E-state index contributed by atoms with van der Waals surface area (Å²) in [6.45, 7) is -1.07. The fourth-order valence-corrected chi connectivity index (χ4v) is 7.13. The summed E-state index contributed by atoms with van der Waals surface area (Å²) >= 11 is 0. The maximum atomic E-state index is 13.1. The summed E-state index contributed by atoms with van der Waals surface area (Å²) in [4.78, 5) is 51.6. The standard InChI is InChI=1S/C20H26N8O11P2/c21-20-26-17-14(18(30)27-20)24-8-28(17)19-16-15(29)12(37-19)6-36-40(31,32)38-11-4-10(25-13-1-2-22-7-23-13)3-9(11)5-35-41(33,34)39-16/h1-2,7-12,15-16,19,29H,3-6H2,(H,31,32)(H,33,34)(H,22,23,25)(H3,21,26,27,30)/t9-,10-,11+,12-,15-,16-,19-/m1/s1. The molecule has 41 heavy (non-hydrogen) atoms. The topological polar surface area (TPSA) is 268 Å².